The monoisotopic (exact) mass is 432 g/mol. The zero-order valence-electron chi connectivity index (χ0n) is 18.9. The highest BCUT2D eigenvalue weighted by Gasteiger charge is 2.63. The Hall–Kier alpha value is -2.41. The highest BCUT2D eigenvalue weighted by molar-refractivity contribution is 5.91. The summed E-state index contributed by atoms with van der Waals surface area (Å²) in [6, 6.07) is 0. The molecule has 0 saturated carbocycles. The van der Waals surface area contributed by atoms with E-state index in [9.17, 15) is 14.4 Å². The number of fused-ring (bicyclic) bond motifs is 3. The minimum atomic E-state index is -0.635. The predicted molar refractivity (Wildman–Crippen MR) is 113 cm³/mol. The Morgan fingerprint density at radius 2 is 1.81 bits per heavy atom. The predicted octanol–water partition coefficient (Wildman–Crippen LogP) is 3.57. The van der Waals surface area contributed by atoms with Gasteiger partial charge in [-0.1, -0.05) is 23.8 Å². The van der Waals surface area contributed by atoms with Crippen LogP contribution in [0.15, 0.2) is 35.5 Å². The lowest BCUT2D eigenvalue weighted by molar-refractivity contribution is -0.150. The topological polar surface area (TPSA) is 91.4 Å². The fourth-order valence-electron chi connectivity index (χ4n) is 4.68. The van der Waals surface area contributed by atoms with E-state index in [0.29, 0.717) is 18.4 Å². The number of hydrogen-bond acceptors (Lipinski definition) is 7. The van der Waals surface area contributed by atoms with Gasteiger partial charge in [-0.2, -0.15) is 0 Å². The molecule has 0 radical (unpaired) electrons. The molecule has 0 bridgehead atoms. The molecule has 0 aromatic heterocycles. The smallest absolute Gasteiger partial charge is 0.334 e. The van der Waals surface area contributed by atoms with Crippen molar-refractivity contribution in [3.63, 3.8) is 0 Å². The zero-order chi connectivity index (χ0) is 22.9. The summed E-state index contributed by atoms with van der Waals surface area (Å²) in [5.41, 5.74) is 1.87. The summed E-state index contributed by atoms with van der Waals surface area (Å²) in [5.74, 6) is -1.78. The summed E-state index contributed by atoms with van der Waals surface area (Å²) in [5, 5.41) is 0. The maximum absolute atomic E-state index is 12.4. The third-order valence-electron chi connectivity index (χ3n) is 6.19. The van der Waals surface area contributed by atoms with Crippen LogP contribution in [0.4, 0.5) is 0 Å². The van der Waals surface area contributed by atoms with E-state index >= 15 is 0 Å². The van der Waals surface area contributed by atoms with Gasteiger partial charge in [-0.05, 0) is 39.7 Å². The van der Waals surface area contributed by atoms with E-state index in [0.717, 1.165) is 24.0 Å². The summed E-state index contributed by atoms with van der Waals surface area (Å²) >= 11 is 0. The molecule has 31 heavy (non-hydrogen) atoms. The van der Waals surface area contributed by atoms with Gasteiger partial charge in [-0.15, -0.1) is 0 Å². The third kappa shape index (κ3) is 5.45. The van der Waals surface area contributed by atoms with E-state index in [1.54, 1.807) is 0 Å². The van der Waals surface area contributed by atoms with Crippen LogP contribution >= 0.6 is 0 Å². The van der Waals surface area contributed by atoms with Crippen molar-refractivity contribution in [2.24, 2.45) is 5.92 Å². The Morgan fingerprint density at radius 1 is 1.13 bits per heavy atom. The summed E-state index contributed by atoms with van der Waals surface area (Å²) in [6.45, 7) is 12.6. The van der Waals surface area contributed by atoms with Crippen LogP contribution < -0.4 is 0 Å². The molecule has 1 aliphatic carbocycles. The van der Waals surface area contributed by atoms with Crippen LogP contribution in [0.1, 0.15) is 60.3 Å². The van der Waals surface area contributed by atoms with Crippen molar-refractivity contribution in [1.82, 2.24) is 0 Å². The Kier molecular flexibility index (Phi) is 6.74. The van der Waals surface area contributed by atoms with Crippen LogP contribution in [0, 0.1) is 5.92 Å². The second-order valence-corrected chi connectivity index (χ2v) is 9.08. The van der Waals surface area contributed by atoms with Crippen LogP contribution in [0.5, 0.6) is 0 Å². The third-order valence-corrected chi connectivity index (χ3v) is 6.19. The molecule has 0 spiro atoms. The Labute approximate surface area is 183 Å². The van der Waals surface area contributed by atoms with Crippen LogP contribution in [0.3, 0.4) is 0 Å². The van der Waals surface area contributed by atoms with Gasteiger partial charge in [0.2, 0.25) is 0 Å². The van der Waals surface area contributed by atoms with Crippen LogP contribution in [0.2, 0.25) is 0 Å². The molecule has 0 aromatic carbocycles. The SMILES string of the molecule is C=C1C(=O)O[C@@H]2[C@@H]1[C@@H](OC(C)=O)C/C(C)=C/[C@@H](OC(C)=O)C/C(C)=C/CC[C@@]1(C)O[C@H]21. The first kappa shape index (κ1) is 23.3. The van der Waals surface area contributed by atoms with Crippen molar-refractivity contribution < 1.29 is 33.3 Å². The van der Waals surface area contributed by atoms with Gasteiger partial charge < -0.3 is 18.9 Å². The fraction of sp³-hybridized carbons (Fsp3) is 0.625. The van der Waals surface area contributed by atoms with Gasteiger partial charge in [0.1, 0.15) is 24.4 Å². The van der Waals surface area contributed by atoms with Crippen LogP contribution in [0.25, 0.3) is 0 Å². The van der Waals surface area contributed by atoms with E-state index in [1.165, 1.54) is 13.8 Å². The largest absolute Gasteiger partial charge is 0.461 e. The van der Waals surface area contributed by atoms with Crippen molar-refractivity contribution in [3.05, 3.63) is 35.5 Å². The molecule has 0 amide bonds. The van der Waals surface area contributed by atoms with E-state index in [4.69, 9.17) is 18.9 Å². The number of esters is 3. The number of epoxide rings is 1. The normalized spacial score (nSPS) is 39.5. The first-order valence-corrected chi connectivity index (χ1v) is 10.7. The summed E-state index contributed by atoms with van der Waals surface area (Å²) < 4.78 is 22.8. The standard InChI is InChI=1S/C24H32O7/c1-13-8-7-9-24(6)22(31-24)21-20(15(3)23(27)30-21)19(29-17(5)26)12-14(2)11-18(10-13)28-16(4)25/h8,11,18-22H,3,7,9-10,12H2,1-2,4-6H3/b13-8+,14-11+/t18-,19-,20-,21+,22+,24+/m0/s1. The Bertz CT molecular complexity index is 839. The molecular formula is C24H32O7. The van der Waals surface area contributed by atoms with E-state index in [1.807, 2.05) is 26.8 Å². The highest BCUT2D eigenvalue weighted by atomic mass is 16.6. The molecule has 0 unspecified atom stereocenters. The van der Waals surface area contributed by atoms with Gasteiger partial charge >= 0.3 is 17.9 Å². The van der Waals surface area contributed by atoms with Crippen molar-refractivity contribution in [2.75, 3.05) is 0 Å². The number of allylic oxidation sites excluding steroid dienone is 1. The minimum absolute atomic E-state index is 0.270. The fourth-order valence-corrected chi connectivity index (χ4v) is 4.68. The van der Waals surface area contributed by atoms with Gasteiger partial charge in [0.25, 0.3) is 0 Å². The quantitative estimate of drug-likeness (QED) is 0.217. The molecule has 6 atom stereocenters. The van der Waals surface area contributed by atoms with Crippen molar-refractivity contribution >= 4 is 17.9 Å². The molecule has 2 fully saturated rings. The maximum Gasteiger partial charge on any atom is 0.334 e. The van der Waals surface area contributed by atoms with Gasteiger partial charge in [-0.3, -0.25) is 9.59 Å². The second-order valence-electron chi connectivity index (χ2n) is 9.08. The molecule has 170 valence electrons. The van der Waals surface area contributed by atoms with Gasteiger partial charge in [0.15, 0.2) is 0 Å². The molecule has 7 heteroatoms. The van der Waals surface area contributed by atoms with Gasteiger partial charge in [-0.25, -0.2) is 4.79 Å². The number of ether oxygens (including phenoxy) is 4. The van der Waals surface area contributed by atoms with Gasteiger partial charge in [0, 0.05) is 32.3 Å². The number of carbonyl (C=O) groups is 3. The number of rotatable bonds is 2. The van der Waals surface area contributed by atoms with Gasteiger partial charge in [0.05, 0.1) is 11.5 Å². The highest BCUT2D eigenvalue weighted by Crippen LogP contribution is 2.49. The van der Waals surface area contributed by atoms with Crippen molar-refractivity contribution in [1.29, 1.82) is 0 Å². The summed E-state index contributed by atoms with van der Waals surface area (Å²) in [4.78, 5) is 35.9. The molecule has 3 aliphatic rings. The average Bonchev–Trinajstić information content (AvgIpc) is 3.20. The molecule has 0 N–H and O–H groups in total. The number of carbonyl (C=O) groups excluding carboxylic acids is 3. The molecule has 0 aromatic rings. The second kappa shape index (κ2) is 8.99. The summed E-state index contributed by atoms with van der Waals surface area (Å²) in [7, 11) is 0. The molecule has 2 aliphatic heterocycles. The molecule has 2 saturated heterocycles. The van der Waals surface area contributed by atoms with Crippen molar-refractivity contribution in [3.8, 4) is 0 Å². The Balaban J connectivity index is 1.98. The maximum atomic E-state index is 12.4. The lowest BCUT2D eigenvalue weighted by Crippen LogP contribution is -2.38. The van der Waals surface area contributed by atoms with Crippen LogP contribution in [-0.2, 0) is 33.3 Å². The lowest BCUT2D eigenvalue weighted by Gasteiger charge is -2.27. The molecular weight excluding hydrogens is 400 g/mol. The molecule has 7 nitrogen and oxygen atoms in total. The lowest BCUT2D eigenvalue weighted by atomic mass is 9.83. The minimum Gasteiger partial charge on any atom is -0.461 e. The van der Waals surface area contributed by atoms with E-state index in [-0.39, 0.29) is 12.1 Å². The first-order valence-electron chi connectivity index (χ1n) is 10.7. The zero-order valence-corrected chi connectivity index (χ0v) is 18.9. The molecule has 3 rings (SSSR count). The summed E-state index contributed by atoms with van der Waals surface area (Å²) in [6.07, 6.45) is 4.62. The molecule has 2 heterocycles. The Morgan fingerprint density at radius 3 is 2.45 bits per heavy atom. The number of hydrogen-bond donors (Lipinski definition) is 0. The van der Waals surface area contributed by atoms with Crippen molar-refractivity contribution in [2.45, 2.75) is 90.3 Å². The average molecular weight is 433 g/mol. The first-order chi connectivity index (χ1) is 14.5. The van der Waals surface area contributed by atoms with E-state index in [2.05, 4.69) is 12.7 Å². The van der Waals surface area contributed by atoms with Crippen LogP contribution in [-0.4, -0.2) is 47.9 Å². The van der Waals surface area contributed by atoms with E-state index < -0.39 is 41.8 Å².